The van der Waals surface area contributed by atoms with Crippen LogP contribution in [0.4, 0.5) is 17.8 Å². The van der Waals surface area contributed by atoms with E-state index in [0.717, 1.165) is 19.6 Å². The first-order chi connectivity index (χ1) is 9.38. The predicted molar refractivity (Wildman–Crippen MR) is 81.9 cm³/mol. The van der Waals surface area contributed by atoms with Crippen LogP contribution >= 0.6 is 0 Å². The first kappa shape index (κ1) is 14.8. The van der Waals surface area contributed by atoms with Crippen molar-refractivity contribution in [2.75, 3.05) is 49.7 Å². The van der Waals surface area contributed by atoms with Gasteiger partial charge in [-0.25, -0.2) is 0 Å². The van der Waals surface area contributed by atoms with E-state index in [4.69, 9.17) is 5.73 Å². The van der Waals surface area contributed by atoms with E-state index < -0.39 is 0 Å². The second kappa shape index (κ2) is 5.78. The van der Waals surface area contributed by atoms with Gasteiger partial charge in [-0.05, 0) is 40.8 Å². The van der Waals surface area contributed by atoms with Crippen LogP contribution in [-0.2, 0) is 0 Å². The molecule has 1 aromatic heterocycles. The quantitative estimate of drug-likeness (QED) is 0.825. The normalized spacial score (nSPS) is 15.9. The van der Waals surface area contributed by atoms with Crippen molar-refractivity contribution in [1.29, 1.82) is 0 Å². The van der Waals surface area contributed by atoms with Crippen molar-refractivity contribution in [2.24, 2.45) is 0 Å². The van der Waals surface area contributed by atoms with E-state index in [1.165, 1.54) is 12.8 Å². The van der Waals surface area contributed by atoms with Crippen LogP contribution in [0.5, 0.6) is 0 Å². The highest BCUT2D eigenvalue weighted by Crippen LogP contribution is 2.18. The van der Waals surface area contributed by atoms with Crippen LogP contribution in [0.25, 0.3) is 0 Å². The third-order valence-electron chi connectivity index (χ3n) is 3.92. The van der Waals surface area contributed by atoms with Crippen molar-refractivity contribution >= 4 is 17.8 Å². The van der Waals surface area contributed by atoms with Gasteiger partial charge in [-0.15, -0.1) is 0 Å². The fourth-order valence-corrected chi connectivity index (χ4v) is 1.97. The summed E-state index contributed by atoms with van der Waals surface area (Å²) in [5, 5.41) is 3.26. The zero-order chi connectivity index (χ0) is 14.8. The van der Waals surface area contributed by atoms with Crippen molar-refractivity contribution in [3.8, 4) is 0 Å². The number of anilines is 3. The molecule has 112 valence electrons. The molecule has 3 N–H and O–H groups in total. The van der Waals surface area contributed by atoms with E-state index in [1.807, 2.05) is 0 Å². The summed E-state index contributed by atoms with van der Waals surface area (Å²) in [4.78, 5) is 17.2. The summed E-state index contributed by atoms with van der Waals surface area (Å²) in [6, 6.07) is 0. The first-order valence-electron chi connectivity index (χ1n) is 7.06. The molecule has 20 heavy (non-hydrogen) atoms. The van der Waals surface area contributed by atoms with Crippen LogP contribution in [0, 0.1) is 0 Å². The number of aromatic nitrogens is 3. The van der Waals surface area contributed by atoms with Gasteiger partial charge < -0.3 is 20.9 Å². The molecule has 2 rings (SSSR count). The highest BCUT2D eigenvalue weighted by atomic mass is 15.3. The van der Waals surface area contributed by atoms with Gasteiger partial charge in [0.2, 0.25) is 17.8 Å². The number of nitrogens with one attached hydrogen (secondary N) is 1. The molecule has 0 spiro atoms. The van der Waals surface area contributed by atoms with Crippen molar-refractivity contribution in [1.82, 2.24) is 19.9 Å². The summed E-state index contributed by atoms with van der Waals surface area (Å²) in [6.45, 7) is 7.04. The number of nitrogen functional groups attached to an aromatic ring is 1. The van der Waals surface area contributed by atoms with E-state index in [-0.39, 0.29) is 11.5 Å². The fraction of sp³-hybridized carbons (Fsp3) is 0.769. The Hall–Kier alpha value is -1.63. The van der Waals surface area contributed by atoms with Crippen LogP contribution in [0.2, 0.25) is 0 Å². The van der Waals surface area contributed by atoms with E-state index in [9.17, 15) is 0 Å². The maximum absolute atomic E-state index is 5.79. The zero-order valence-electron chi connectivity index (χ0n) is 12.8. The minimum absolute atomic E-state index is 0.00913. The summed E-state index contributed by atoms with van der Waals surface area (Å²) in [5.41, 5.74) is 5.80. The number of rotatable bonds is 5. The second-order valence-corrected chi connectivity index (χ2v) is 6.07. The average Bonchev–Trinajstić information content (AvgIpc) is 2.89. The van der Waals surface area contributed by atoms with Crippen molar-refractivity contribution in [3.63, 3.8) is 0 Å². The van der Waals surface area contributed by atoms with Gasteiger partial charge in [0.1, 0.15) is 0 Å². The third kappa shape index (κ3) is 3.47. The lowest BCUT2D eigenvalue weighted by Crippen LogP contribution is -2.44. The SMILES string of the molecule is CN(C)C(C)(C)CNc1nc(N)nc(N2CCCC2)n1. The number of nitrogens with zero attached hydrogens (tertiary/aromatic N) is 5. The first-order valence-corrected chi connectivity index (χ1v) is 7.06. The molecule has 0 aromatic carbocycles. The molecule has 0 aliphatic carbocycles. The molecule has 2 heterocycles. The Morgan fingerprint density at radius 3 is 2.45 bits per heavy atom. The van der Waals surface area contributed by atoms with Crippen LogP contribution in [0.1, 0.15) is 26.7 Å². The van der Waals surface area contributed by atoms with E-state index in [0.29, 0.717) is 11.9 Å². The average molecular weight is 279 g/mol. The van der Waals surface area contributed by atoms with Crippen LogP contribution in [-0.4, -0.2) is 59.1 Å². The number of nitrogens with two attached hydrogens (primary N) is 1. The minimum atomic E-state index is 0.00913. The van der Waals surface area contributed by atoms with Gasteiger partial charge in [0, 0.05) is 25.2 Å². The molecule has 7 heteroatoms. The molecular formula is C13H25N7. The molecule has 0 unspecified atom stereocenters. The van der Waals surface area contributed by atoms with Crippen LogP contribution in [0.3, 0.4) is 0 Å². The Balaban J connectivity index is 2.08. The molecule has 7 nitrogen and oxygen atoms in total. The molecule has 1 aliphatic rings. The number of hydrogen-bond acceptors (Lipinski definition) is 7. The van der Waals surface area contributed by atoms with Crippen LogP contribution < -0.4 is 16.0 Å². The monoisotopic (exact) mass is 279 g/mol. The molecule has 1 fully saturated rings. The standard InChI is InChI=1S/C13H25N7/c1-13(2,19(3)4)9-15-11-16-10(14)17-12(18-11)20-7-5-6-8-20/h5-9H2,1-4H3,(H3,14,15,16,17,18). The Labute approximate surface area is 120 Å². The Morgan fingerprint density at radius 2 is 1.85 bits per heavy atom. The van der Waals surface area contributed by atoms with E-state index in [2.05, 4.69) is 58.0 Å². The number of likely N-dealkylation sites (N-methyl/N-ethyl adjacent to an activating group) is 1. The third-order valence-corrected chi connectivity index (χ3v) is 3.92. The van der Waals surface area contributed by atoms with E-state index >= 15 is 0 Å². The summed E-state index contributed by atoms with van der Waals surface area (Å²) >= 11 is 0. The Kier molecular flexibility index (Phi) is 4.27. The summed E-state index contributed by atoms with van der Waals surface area (Å²) < 4.78 is 0. The summed E-state index contributed by atoms with van der Waals surface area (Å²) in [7, 11) is 4.11. The maximum Gasteiger partial charge on any atom is 0.231 e. The molecular weight excluding hydrogens is 254 g/mol. The molecule has 0 saturated carbocycles. The highest BCUT2D eigenvalue weighted by molar-refractivity contribution is 5.42. The zero-order valence-corrected chi connectivity index (χ0v) is 12.8. The largest absolute Gasteiger partial charge is 0.368 e. The lowest BCUT2D eigenvalue weighted by atomic mass is 10.1. The fourth-order valence-electron chi connectivity index (χ4n) is 1.97. The molecule has 1 aromatic rings. The van der Waals surface area contributed by atoms with Gasteiger partial charge >= 0.3 is 0 Å². The molecule has 0 atom stereocenters. The Bertz CT molecular complexity index is 452. The summed E-state index contributed by atoms with van der Waals surface area (Å²) in [6.07, 6.45) is 2.37. The van der Waals surface area contributed by atoms with E-state index in [1.54, 1.807) is 0 Å². The molecule has 1 aliphatic heterocycles. The molecule has 0 amide bonds. The van der Waals surface area contributed by atoms with Gasteiger partial charge in [0.15, 0.2) is 0 Å². The Morgan fingerprint density at radius 1 is 1.20 bits per heavy atom. The molecule has 1 saturated heterocycles. The van der Waals surface area contributed by atoms with Crippen molar-refractivity contribution in [3.05, 3.63) is 0 Å². The minimum Gasteiger partial charge on any atom is -0.368 e. The smallest absolute Gasteiger partial charge is 0.231 e. The summed E-state index contributed by atoms with van der Waals surface area (Å²) in [5.74, 6) is 1.50. The maximum atomic E-state index is 5.79. The van der Waals surface area contributed by atoms with Gasteiger partial charge in [-0.1, -0.05) is 0 Å². The van der Waals surface area contributed by atoms with Crippen LogP contribution in [0.15, 0.2) is 0 Å². The van der Waals surface area contributed by atoms with Gasteiger partial charge in [-0.2, -0.15) is 15.0 Å². The predicted octanol–water partition coefficient (Wildman–Crippen LogP) is 0.806. The lowest BCUT2D eigenvalue weighted by Gasteiger charge is -2.32. The lowest BCUT2D eigenvalue weighted by molar-refractivity contribution is 0.209. The second-order valence-electron chi connectivity index (χ2n) is 6.07. The topological polar surface area (TPSA) is 83.2 Å². The van der Waals surface area contributed by atoms with Gasteiger partial charge in [-0.3, -0.25) is 0 Å². The van der Waals surface area contributed by atoms with Gasteiger partial charge in [0.25, 0.3) is 0 Å². The van der Waals surface area contributed by atoms with Crippen molar-refractivity contribution < 1.29 is 0 Å². The highest BCUT2D eigenvalue weighted by Gasteiger charge is 2.21. The molecule has 0 bridgehead atoms. The van der Waals surface area contributed by atoms with Gasteiger partial charge in [0.05, 0.1) is 0 Å². The number of hydrogen-bond donors (Lipinski definition) is 2. The van der Waals surface area contributed by atoms with Crippen molar-refractivity contribution in [2.45, 2.75) is 32.2 Å². The molecule has 0 radical (unpaired) electrons.